The first-order valence-corrected chi connectivity index (χ1v) is 11.7. The molecule has 2 aromatic rings. The van der Waals surface area contributed by atoms with E-state index in [2.05, 4.69) is 34.6 Å². The van der Waals surface area contributed by atoms with Crippen molar-refractivity contribution in [2.24, 2.45) is 0 Å². The summed E-state index contributed by atoms with van der Waals surface area (Å²) in [6.45, 7) is 2.27. The number of hydrogen-bond donors (Lipinski definition) is 1. The highest BCUT2D eigenvalue weighted by molar-refractivity contribution is 5.50. The Bertz CT molecular complexity index is 651. The molecule has 1 aromatic carbocycles. The summed E-state index contributed by atoms with van der Waals surface area (Å²) in [5.41, 5.74) is 0.962. The van der Waals surface area contributed by atoms with Gasteiger partial charge in [0.25, 0.3) is 0 Å². The van der Waals surface area contributed by atoms with E-state index in [9.17, 15) is 0 Å². The van der Waals surface area contributed by atoms with Gasteiger partial charge in [-0.1, -0.05) is 93.7 Å². The molecule has 4 heteroatoms. The predicted octanol–water partition coefficient (Wildman–Crippen LogP) is 8.00. The Hall–Kier alpha value is -2.10. The largest absolute Gasteiger partial charge is 0.408 e. The van der Waals surface area contributed by atoms with Gasteiger partial charge in [0.1, 0.15) is 0 Å². The maximum Gasteiger partial charge on any atom is 0.320 e. The molecule has 1 aromatic heterocycles. The third-order valence-corrected chi connectivity index (χ3v) is 5.14. The fraction of sp³-hybridized carbons (Fsp3) is 0.600. The van der Waals surface area contributed by atoms with Crippen LogP contribution in [0.3, 0.4) is 0 Å². The van der Waals surface area contributed by atoms with E-state index in [-0.39, 0.29) is 0 Å². The number of para-hydroxylation sites is 1. The number of unbranched alkanes of at least 4 members (excludes halogenated alkanes) is 11. The van der Waals surface area contributed by atoms with E-state index < -0.39 is 0 Å². The summed E-state index contributed by atoms with van der Waals surface area (Å²) in [6, 6.07) is 10.4. The monoisotopic (exact) mass is 397 g/mol. The molecule has 0 fully saturated rings. The van der Waals surface area contributed by atoms with Crippen LogP contribution < -0.4 is 5.32 Å². The van der Waals surface area contributed by atoms with Crippen LogP contribution in [-0.4, -0.2) is 10.2 Å². The quantitative estimate of drug-likeness (QED) is 0.217. The van der Waals surface area contributed by atoms with Gasteiger partial charge in [0.2, 0.25) is 5.89 Å². The summed E-state index contributed by atoms with van der Waals surface area (Å²) in [5, 5.41) is 11.3. The van der Waals surface area contributed by atoms with Gasteiger partial charge in [0, 0.05) is 12.1 Å². The van der Waals surface area contributed by atoms with Gasteiger partial charge >= 0.3 is 6.01 Å². The Morgan fingerprint density at radius 1 is 0.759 bits per heavy atom. The molecule has 2 rings (SSSR count). The van der Waals surface area contributed by atoms with Crippen molar-refractivity contribution in [3.8, 4) is 0 Å². The van der Waals surface area contributed by atoms with Crippen molar-refractivity contribution in [2.75, 3.05) is 5.32 Å². The van der Waals surface area contributed by atoms with E-state index in [0.717, 1.165) is 24.4 Å². The average molecular weight is 398 g/mol. The van der Waals surface area contributed by atoms with Crippen LogP contribution in [-0.2, 0) is 6.42 Å². The van der Waals surface area contributed by atoms with Gasteiger partial charge in [0.15, 0.2) is 0 Å². The molecular formula is C25H39N3O. The third-order valence-electron chi connectivity index (χ3n) is 5.14. The van der Waals surface area contributed by atoms with E-state index in [1.54, 1.807) is 0 Å². The van der Waals surface area contributed by atoms with Gasteiger partial charge in [-0.2, -0.15) is 0 Å². The lowest BCUT2D eigenvalue weighted by Crippen LogP contribution is -1.88. The lowest BCUT2D eigenvalue weighted by molar-refractivity contribution is 0.489. The highest BCUT2D eigenvalue weighted by atomic mass is 16.4. The minimum atomic E-state index is 0.471. The van der Waals surface area contributed by atoms with Gasteiger partial charge in [-0.3, -0.25) is 0 Å². The smallest absolute Gasteiger partial charge is 0.320 e. The van der Waals surface area contributed by atoms with Crippen molar-refractivity contribution in [1.29, 1.82) is 0 Å². The maximum absolute atomic E-state index is 5.66. The summed E-state index contributed by atoms with van der Waals surface area (Å²) in [7, 11) is 0. The molecule has 0 saturated carbocycles. The van der Waals surface area contributed by atoms with E-state index in [0.29, 0.717) is 6.01 Å². The van der Waals surface area contributed by atoms with E-state index in [1.807, 2.05) is 30.3 Å². The van der Waals surface area contributed by atoms with Crippen LogP contribution in [0, 0.1) is 0 Å². The fourth-order valence-electron chi connectivity index (χ4n) is 3.40. The minimum absolute atomic E-state index is 0.471. The van der Waals surface area contributed by atoms with Crippen molar-refractivity contribution < 1.29 is 4.42 Å². The predicted molar refractivity (Wildman–Crippen MR) is 123 cm³/mol. The normalized spacial score (nSPS) is 11.3. The zero-order valence-electron chi connectivity index (χ0n) is 18.2. The first kappa shape index (κ1) is 23.2. The number of aromatic nitrogens is 2. The number of rotatable bonds is 17. The molecule has 29 heavy (non-hydrogen) atoms. The molecule has 4 nitrogen and oxygen atoms in total. The minimum Gasteiger partial charge on any atom is -0.408 e. The number of allylic oxidation sites excluding steroid dienone is 2. The molecular weight excluding hydrogens is 358 g/mol. The second-order valence-corrected chi connectivity index (χ2v) is 7.83. The summed E-state index contributed by atoms with van der Waals surface area (Å²) in [4.78, 5) is 0. The van der Waals surface area contributed by atoms with Crippen molar-refractivity contribution in [1.82, 2.24) is 10.2 Å². The molecule has 0 radical (unpaired) electrons. The number of benzene rings is 1. The Morgan fingerprint density at radius 2 is 1.38 bits per heavy atom. The van der Waals surface area contributed by atoms with Crippen LogP contribution in [0.25, 0.3) is 0 Å². The number of anilines is 2. The van der Waals surface area contributed by atoms with Crippen LogP contribution >= 0.6 is 0 Å². The summed E-state index contributed by atoms with van der Waals surface area (Å²) in [5.74, 6) is 0.723. The number of hydrogen-bond acceptors (Lipinski definition) is 4. The Kier molecular flexibility index (Phi) is 12.6. The molecule has 1 N–H and O–H groups in total. The van der Waals surface area contributed by atoms with Crippen molar-refractivity contribution in [2.45, 2.75) is 96.8 Å². The van der Waals surface area contributed by atoms with Crippen molar-refractivity contribution in [3.63, 3.8) is 0 Å². The summed E-state index contributed by atoms with van der Waals surface area (Å²) < 4.78 is 5.66. The summed E-state index contributed by atoms with van der Waals surface area (Å²) >= 11 is 0. The first-order chi connectivity index (χ1) is 14.4. The zero-order valence-corrected chi connectivity index (χ0v) is 18.2. The van der Waals surface area contributed by atoms with Crippen LogP contribution in [0.15, 0.2) is 46.9 Å². The molecule has 0 bridgehead atoms. The number of nitrogens with one attached hydrogen (secondary N) is 1. The van der Waals surface area contributed by atoms with Crippen molar-refractivity contribution in [3.05, 3.63) is 48.4 Å². The molecule has 0 unspecified atom stereocenters. The standard InChI is InChI=1S/C25H39N3O/c1-2-3-4-5-6-7-8-9-10-11-12-13-14-15-19-22-24-27-28-25(29-24)26-23-20-17-16-18-21-23/h9-10,16-18,20-21H,2-8,11-15,19,22H2,1H3,(H,26,28)/b10-9+. The molecule has 0 aliphatic heterocycles. The molecule has 0 aliphatic rings. The highest BCUT2D eigenvalue weighted by Gasteiger charge is 2.05. The van der Waals surface area contributed by atoms with Gasteiger partial charge in [-0.25, -0.2) is 0 Å². The third kappa shape index (κ3) is 11.5. The first-order valence-electron chi connectivity index (χ1n) is 11.7. The number of nitrogens with zero attached hydrogens (tertiary/aromatic N) is 2. The van der Waals surface area contributed by atoms with E-state index in [1.165, 1.54) is 77.0 Å². The topological polar surface area (TPSA) is 51.0 Å². The molecule has 1 heterocycles. The Balaban J connectivity index is 1.40. The molecule has 0 aliphatic carbocycles. The van der Waals surface area contributed by atoms with Crippen LogP contribution in [0.4, 0.5) is 11.7 Å². The lowest BCUT2D eigenvalue weighted by Gasteiger charge is -2.00. The van der Waals surface area contributed by atoms with Crippen LogP contribution in [0.5, 0.6) is 0 Å². The maximum atomic E-state index is 5.66. The Morgan fingerprint density at radius 3 is 2.07 bits per heavy atom. The lowest BCUT2D eigenvalue weighted by atomic mass is 10.1. The van der Waals surface area contributed by atoms with Gasteiger partial charge < -0.3 is 9.73 Å². The SMILES string of the molecule is CCCCCCCC/C=C/CCCCCCCc1nnc(Nc2ccccc2)o1. The average Bonchev–Trinajstić information content (AvgIpc) is 3.19. The zero-order chi connectivity index (χ0) is 20.4. The molecule has 0 atom stereocenters. The molecule has 0 saturated heterocycles. The molecule has 0 amide bonds. The highest BCUT2D eigenvalue weighted by Crippen LogP contribution is 2.16. The number of aryl methyl sites for hydroxylation is 1. The van der Waals surface area contributed by atoms with Crippen molar-refractivity contribution >= 4 is 11.7 Å². The van der Waals surface area contributed by atoms with E-state index >= 15 is 0 Å². The van der Waals surface area contributed by atoms with Gasteiger partial charge in [0.05, 0.1) is 0 Å². The van der Waals surface area contributed by atoms with Crippen LogP contribution in [0.2, 0.25) is 0 Å². The van der Waals surface area contributed by atoms with Crippen LogP contribution in [0.1, 0.15) is 96.3 Å². The van der Waals surface area contributed by atoms with E-state index in [4.69, 9.17) is 4.42 Å². The van der Waals surface area contributed by atoms with Gasteiger partial charge in [-0.05, 0) is 44.2 Å². The Labute approximate surface area is 177 Å². The molecule has 160 valence electrons. The van der Waals surface area contributed by atoms with Gasteiger partial charge in [-0.15, -0.1) is 5.10 Å². The fourth-order valence-corrected chi connectivity index (χ4v) is 3.40. The molecule has 0 spiro atoms. The second-order valence-electron chi connectivity index (χ2n) is 7.83. The summed E-state index contributed by atoms with van der Waals surface area (Å²) in [6.07, 6.45) is 22.7. The second kappa shape index (κ2) is 15.8.